The van der Waals surface area contributed by atoms with Crippen LogP contribution in [0.3, 0.4) is 0 Å². The standard InChI is InChI=1S/C11H19BrF3NO3S/c12-5-8-19-10-2-6-16(7-3-10)20(17,18)9-1-4-11(13,14)15/h10H,1-9H2. The van der Waals surface area contributed by atoms with Crippen molar-refractivity contribution in [1.82, 2.24) is 4.31 Å². The summed E-state index contributed by atoms with van der Waals surface area (Å²) in [5.74, 6) is -0.445. The van der Waals surface area contributed by atoms with Crippen molar-refractivity contribution in [2.24, 2.45) is 0 Å². The predicted molar refractivity (Wildman–Crippen MR) is 73.4 cm³/mol. The first kappa shape index (κ1) is 18.2. The minimum Gasteiger partial charge on any atom is -0.377 e. The zero-order valence-corrected chi connectivity index (χ0v) is 13.4. The van der Waals surface area contributed by atoms with Gasteiger partial charge in [0.05, 0.1) is 18.5 Å². The van der Waals surface area contributed by atoms with Crippen LogP contribution in [-0.4, -0.2) is 55.8 Å². The van der Waals surface area contributed by atoms with Crippen molar-refractivity contribution in [2.75, 3.05) is 30.8 Å². The molecule has 1 fully saturated rings. The lowest BCUT2D eigenvalue weighted by atomic mass is 10.1. The Morgan fingerprint density at radius 1 is 1.25 bits per heavy atom. The first-order valence-corrected chi connectivity index (χ1v) is 9.20. The van der Waals surface area contributed by atoms with Gasteiger partial charge in [-0.05, 0) is 19.3 Å². The Morgan fingerprint density at radius 3 is 2.35 bits per heavy atom. The molecule has 0 radical (unpaired) electrons. The molecule has 1 rings (SSSR count). The molecule has 1 aliphatic heterocycles. The van der Waals surface area contributed by atoms with Crippen LogP contribution in [-0.2, 0) is 14.8 Å². The van der Waals surface area contributed by atoms with Crippen LogP contribution in [0.15, 0.2) is 0 Å². The van der Waals surface area contributed by atoms with Gasteiger partial charge in [0.1, 0.15) is 0 Å². The summed E-state index contributed by atoms with van der Waals surface area (Å²) in [4.78, 5) is 0. The van der Waals surface area contributed by atoms with Crippen molar-refractivity contribution in [3.05, 3.63) is 0 Å². The molecule has 0 aliphatic carbocycles. The van der Waals surface area contributed by atoms with Crippen LogP contribution >= 0.6 is 15.9 Å². The first-order chi connectivity index (χ1) is 9.24. The van der Waals surface area contributed by atoms with Crippen LogP contribution in [0.2, 0.25) is 0 Å². The van der Waals surface area contributed by atoms with E-state index in [-0.39, 0.29) is 12.5 Å². The van der Waals surface area contributed by atoms with Gasteiger partial charge in [-0.3, -0.25) is 0 Å². The molecular formula is C11H19BrF3NO3S. The van der Waals surface area contributed by atoms with Crippen LogP contribution in [0, 0.1) is 0 Å². The Morgan fingerprint density at radius 2 is 1.85 bits per heavy atom. The fraction of sp³-hybridized carbons (Fsp3) is 1.00. The van der Waals surface area contributed by atoms with Crippen LogP contribution in [0.25, 0.3) is 0 Å². The SMILES string of the molecule is O=S(=O)(CCCC(F)(F)F)N1CCC(OCCBr)CC1. The number of alkyl halides is 4. The molecule has 0 aromatic rings. The lowest BCUT2D eigenvalue weighted by Crippen LogP contribution is -2.42. The fourth-order valence-electron chi connectivity index (χ4n) is 2.07. The topological polar surface area (TPSA) is 46.6 Å². The van der Waals surface area contributed by atoms with Gasteiger partial charge in [-0.25, -0.2) is 12.7 Å². The van der Waals surface area contributed by atoms with E-state index in [0.29, 0.717) is 32.5 Å². The van der Waals surface area contributed by atoms with Crippen LogP contribution in [0.5, 0.6) is 0 Å². The van der Waals surface area contributed by atoms with E-state index >= 15 is 0 Å². The maximum atomic E-state index is 12.0. The number of hydrogen-bond donors (Lipinski definition) is 0. The van der Waals surface area contributed by atoms with Gasteiger partial charge in [0.2, 0.25) is 10.0 Å². The molecule has 0 unspecified atom stereocenters. The minimum atomic E-state index is -4.30. The molecular weight excluding hydrogens is 363 g/mol. The molecule has 0 aromatic carbocycles. The smallest absolute Gasteiger partial charge is 0.377 e. The molecule has 1 saturated heterocycles. The zero-order chi connectivity index (χ0) is 15.2. The largest absolute Gasteiger partial charge is 0.389 e. The van der Waals surface area contributed by atoms with Crippen LogP contribution in [0.1, 0.15) is 25.7 Å². The summed E-state index contributed by atoms with van der Waals surface area (Å²) in [6.45, 7) is 1.21. The number of ether oxygens (including phenoxy) is 1. The quantitative estimate of drug-likeness (QED) is 0.636. The highest BCUT2D eigenvalue weighted by Crippen LogP contribution is 2.23. The van der Waals surface area contributed by atoms with E-state index in [1.165, 1.54) is 4.31 Å². The normalized spacial score (nSPS) is 19.4. The Labute approximate surface area is 125 Å². The highest BCUT2D eigenvalue weighted by Gasteiger charge is 2.31. The lowest BCUT2D eigenvalue weighted by Gasteiger charge is -2.31. The molecule has 4 nitrogen and oxygen atoms in total. The maximum Gasteiger partial charge on any atom is 0.389 e. The van der Waals surface area contributed by atoms with E-state index in [2.05, 4.69) is 15.9 Å². The van der Waals surface area contributed by atoms with Crippen molar-refractivity contribution in [3.63, 3.8) is 0 Å². The summed E-state index contributed by atoms with van der Waals surface area (Å²) < 4.78 is 66.6. The van der Waals surface area contributed by atoms with Crippen molar-refractivity contribution < 1.29 is 26.3 Å². The van der Waals surface area contributed by atoms with E-state index in [0.717, 1.165) is 5.33 Å². The number of hydrogen-bond acceptors (Lipinski definition) is 3. The highest BCUT2D eigenvalue weighted by atomic mass is 79.9. The van der Waals surface area contributed by atoms with Gasteiger partial charge in [-0.1, -0.05) is 15.9 Å². The van der Waals surface area contributed by atoms with Crippen LogP contribution < -0.4 is 0 Å². The summed E-state index contributed by atoms with van der Waals surface area (Å²) in [5, 5.41) is 0.725. The van der Waals surface area contributed by atoms with Gasteiger partial charge < -0.3 is 4.74 Å². The molecule has 120 valence electrons. The highest BCUT2D eigenvalue weighted by molar-refractivity contribution is 9.09. The van der Waals surface area contributed by atoms with E-state index in [9.17, 15) is 21.6 Å². The van der Waals surface area contributed by atoms with Gasteiger partial charge >= 0.3 is 6.18 Å². The van der Waals surface area contributed by atoms with Crippen molar-refractivity contribution in [1.29, 1.82) is 0 Å². The van der Waals surface area contributed by atoms with E-state index in [1.807, 2.05) is 0 Å². The fourth-order valence-corrected chi connectivity index (χ4v) is 3.79. The second-order valence-electron chi connectivity index (χ2n) is 4.69. The molecule has 0 spiro atoms. The maximum absolute atomic E-state index is 12.0. The van der Waals surface area contributed by atoms with Crippen LogP contribution in [0.4, 0.5) is 13.2 Å². The third-order valence-corrected chi connectivity index (χ3v) is 5.37. The first-order valence-electron chi connectivity index (χ1n) is 6.47. The third kappa shape index (κ3) is 6.73. The summed E-state index contributed by atoms with van der Waals surface area (Å²) in [6.07, 6.45) is -4.53. The lowest BCUT2D eigenvalue weighted by molar-refractivity contribution is -0.134. The number of sulfonamides is 1. The third-order valence-electron chi connectivity index (χ3n) is 3.09. The molecule has 1 aliphatic rings. The van der Waals surface area contributed by atoms with E-state index in [4.69, 9.17) is 4.74 Å². The van der Waals surface area contributed by atoms with Crippen molar-refractivity contribution >= 4 is 26.0 Å². The Kier molecular flexibility index (Phi) is 7.23. The molecule has 0 atom stereocenters. The average molecular weight is 382 g/mol. The summed E-state index contributed by atoms with van der Waals surface area (Å²) in [6, 6.07) is 0. The monoisotopic (exact) mass is 381 g/mol. The van der Waals surface area contributed by atoms with E-state index < -0.39 is 28.4 Å². The van der Waals surface area contributed by atoms with Gasteiger partial charge in [0.25, 0.3) is 0 Å². The number of piperidine rings is 1. The zero-order valence-electron chi connectivity index (χ0n) is 11.0. The average Bonchev–Trinajstić information content (AvgIpc) is 2.35. The van der Waals surface area contributed by atoms with Gasteiger partial charge in [-0.2, -0.15) is 13.2 Å². The summed E-state index contributed by atoms with van der Waals surface area (Å²) in [5.41, 5.74) is 0. The second-order valence-corrected chi connectivity index (χ2v) is 7.57. The summed E-state index contributed by atoms with van der Waals surface area (Å²) >= 11 is 3.24. The van der Waals surface area contributed by atoms with Gasteiger partial charge in [-0.15, -0.1) is 0 Å². The molecule has 0 aromatic heterocycles. The second kappa shape index (κ2) is 7.95. The Balaban J connectivity index is 2.35. The van der Waals surface area contributed by atoms with Gasteiger partial charge in [0.15, 0.2) is 0 Å². The molecule has 0 amide bonds. The molecule has 20 heavy (non-hydrogen) atoms. The van der Waals surface area contributed by atoms with E-state index in [1.54, 1.807) is 0 Å². The molecule has 0 N–H and O–H groups in total. The van der Waals surface area contributed by atoms with Crippen molar-refractivity contribution in [2.45, 2.75) is 38.0 Å². The number of nitrogens with zero attached hydrogens (tertiary/aromatic N) is 1. The molecule has 0 bridgehead atoms. The predicted octanol–water partition coefficient (Wildman–Crippen LogP) is 2.53. The number of rotatable bonds is 7. The van der Waals surface area contributed by atoms with Crippen molar-refractivity contribution in [3.8, 4) is 0 Å². The summed E-state index contributed by atoms with van der Waals surface area (Å²) in [7, 11) is -3.58. The molecule has 9 heteroatoms. The Bertz CT molecular complexity index is 381. The molecule has 0 saturated carbocycles. The number of halogens is 4. The Hall–Kier alpha value is 0.140. The van der Waals surface area contributed by atoms with Gasteiger partial charge in [0, 0.05) is 24.8 Å². The molecule has 1 heterocycles. The minimum absolute atomic E-state index is 0.0363.